The van der Waals surface area contributed by atoms with Crippen LogP contribution in [0.5, 0.6) is 0 Å². The van der Waals surface area contributed by atoms with E-state index >= 15 is 0 Å². The van der Waals surface area contributed by atoms with E-state index in [1.54, 1.807) is 0 Å². The molecule has 2 aromatic carbocycles. The monoisotopic (exact) mass is 264 g/mol. The molecule has 1 heteroatoms. The lowest BCUT2D eigenvalue weighted by Crippen LogP contribution is -2.23. The number of rotatable bonds is 2. The molecule has 0 fully saturated rings. The van der Waals surface area contributed by atoms with Crippen molar-refractivity contribution in [2.45, 2.75) is 33.1 Å². The highest BCUT2D eigenvalue weighted by Crippen LogP contribution is 2.28. The van der Waals surface area contributed by atoms with Gasteiger partial charge < -0.3 is 0 Å². The summed E-state index contributed by atoms with van der Waals surface area (Å²) in [4.78, 5) is 12.7. The first kappa shape index (κ1) is 13.1. The fourth-order valence-electron chi connectivity index (χ4n) is 3.23. The second-order valence-electron chi connectivity index (χ2n) is 5.89. The molecule has 102 valence electrons. The number of aryl methyl sites for hydroxylation is 3. The zero-order valence-electron chi connectivity index (χ0n) is 12.1. The molecule has 1 aliphatic rings. The van der Waals surface area contributed by atoms with Gasteiger partial charge in [0.2, 0.25) is 0 Å². The van der Waals surface area contributed by atoms with E-state index in [1.165, 1.54) is 16.7 Å². The number of benzene rings is 2. The van der Waals surface area contributed by atoms with Crippen molar-refractivity contribution in [2.24, 2.45) is 5.92 Å². The Morgan fingerprint density at radius 1 is 1.05 bits per heavy atom. The lowest BCUT2D eigenvalue weighted by molar-refractivity contribution is 0.0908. The van der Waals surface area contributed by atoms with E-state index < -0.39 is 0 Å². The summed E-state index contributed by atoms with van der Waals surface area (Å²) < 4.78 is 0. The van der Waals surface area contributed by atoms with Crippen LogP contribution in [0.25, 0.3) is 0 Å². The molecule has 0 saturated carbocycles. The van der Waals surface area contributed by atoms with Crippen LogP contribution in [0.1, 0.15) is 39.0 Å². The summed E-state index contributed by atoms with van der Waals surface area (Å²) in [6.45, 7) is 4.11. The molecule has 0 bridgehead atoms. The Balaban J connectivity index is 1.86. The van der Waals surface area contributed by atoms with Crippen LogP contribution in [-0.2, 0) is 12.8 Å². The number of carbonyl (C=O) groups is 1. The molecule has 1 atom stereocenters. The summed E-state index contributed by atoms with van der Waals surface area (Å²) in [5.41, 5.74) is 5.99. The Labute approximate surface area is 120 Å². The third-order valence-corrected chi connectivity index (χ3v) is 4.36. The molecule has 0 N–H and O–H groups in total. The average Bonchev–Trinajstić information content (AvgIpc) is 2.46. The van der Waals surface area contributed by atoms with Gasteiger partial charge in [0.1, 0.15) is 0 Å². The van der Waals surface area contributed by atoms with Gasteiger partial charge in [0.05, 0.1) is 0 Å². The first-order valence-electron chi connectivity index (χ1n) is 7.33. The Morgan fingerprint density at radius 2 is 1.80 bits per heavy atom. The van der Waals surface area contributed by atoms with E-state index in [2.05, 4.69) is 37.3 Å². The predicted octanol–water partition coefficient (Wildman–Crippen LogP) is 4.29. The summed E-state index contributed by atoms with van der Waals surface area (Å²) in [6, 6.07) is 14.6. The molecule has 0 aliphatic heterocycles. The van der Waals surface area contributed by atoms with Crippen LogP contribution in [0.2, 0.25) is 0 Å². The smallest absolute Gasteiger partial charge is 0.166 e. The number of carbonyl (C=O) groups excluding carboxylic acids is 1. The molecule has 0 aromatic heterocycles. The Bertz CT molecular complexity index is 655. The van der Waals surface area contributed by atoms with Gasteiger partial charge >= 0.3 is 0 Å². The van der Waals surface area contributed by atoms with Crippen LogP contribution in [0, 0.1) is 19.8 Å². The summed E-state index contributed by atoms with van der Waals surface area (Å²) >= 11 is 0. The van der Waals surface area contributed by atoms with E-state index in [0.717, 1.165) is 30.4 Å². The zero-order chi connectivity index (χ0) is 14.1. The maximum absolute atomic E-state index is 12.7. The van der Waals surface area contributed by atoms with Gasteiger partial charge in [0.15, 0.2) is 5.78 Å². The molecule has 1 aliphatic carbocycles. The van der Waals surface area contributed by atoms with Crippen molar-refractivity contribution < 1.29 is 4.79 Å². The first-order chi connectivity index (χ1) is 9.65. The van der Waals surface area contributed by atoms with Crippen LogP contribution in [0.4, 0.5) is 0 Å². The van der Waals surface area contributed by atoms with Gasteiger partial charge in [-0.1, -0.05) is 48.0 Å². The second-order valence-corrected chi connectivity index (χ2v) is 5.89. The predicted molar refractivity (Wildman–Crippen MR) is 82.2 cm³/mol. The lowest BCUT2D eigenvalue weighted by atomic mass is 9.79. The largest absolute Gasteiger partial charge is 0.294 e. The standard InChI is InChI=1S/C19H20O/c1-13-7-10-18(14(2)11-13)19(20)17-9-8-15-5-3-4-6-16(15)12-17/h3-7,10-11,17H,8-9,12H2,1-2H3. The molecule has 2 aromatic rings. The summed E-state index contributed by atoms with van der Waals surface area (Å²) in [6.07, 6.45) is 2.89. The maximum Gasteiger partial charge on any atom is 0.166 e. The Hall–Kier alpha value is -1.89. The molecule has 3 rings (SSSR count). The highest BCUT2D eigenvalue weighted by Gasteiger charge is 2.26. The van der Waals surface area contributed by atoms with E-state index in [4.69, 9.17) is 0 Å². The normalized spacial score (nSPS) is 17.6. The molecule has 0 heterocycles. The topological polar surface area (TPSA) is 17.1 Å². The summed E-state index contributed by atoms with van der Waals surface area (Å²) in [5.74, 6) is 0.461. The number of fused-ring (bicyclic) bond motifs is 1. The first-order valence-corrected chi connectivity index (χ1v) is 7.33. The quantitative estimate of drug-likeness (QED) is 0.739. The number of hydrogen-bond donors (Lipinski definition) is 0. The summed E-state index contributed by atoms with van der Waals surface area (Å²) in [5, 5.41) is 0. The number of ketones is 1. The number of Topliss-reactive ketones (excluding diaryl/α,β-unsaturated/α-hetero) is 1. The van der Waals surface area contributed by atoms with E-state index in [9.17, 15) is 4.79 Å². The van der Waals surface area contributed by atoms with E-state index in [0.29, 0.717) is 5.78 Å². The third-order valence-electron chi connectivity index (χ3n) is 4.36. The SMILES string of the molecule is Cc1ccc(C(=O)C2CCc3ccccc3C2)c(C)c1. The average molecular weight is 264 g/mol. The van der Waals surface area contributed by atoms with Crippen molar-refractivity contribution in [3.63, 3.8) is 0 Å². The Kier molecular flexibility index (Phi) is 3.43. The van der Waals surface area contributed by atoms with Gasteiger partial charge in [-0.3, -0.25) is 4.79 Å². The van der Waals surface area contributed by atoms with E-state index in [1.807, 2.05) is 19.1 Å². The minimum Gasteiger partial charge on any atom is -0.294 e. The van der Waals surface area contributed by atoms with Crippen molar-refractivity contribution in [2.75, 3.05) is 0 Å². The van der Waals surface area contributed by atoms with Gasteiger partial charge in [0.25, 0.3) is 0 Å². The molecule has 0 radical (unpaired) electrons. The van der Waals surface area contributed by atoms with Gasteiger partial charge in [-0.15, -0.1) is 0 Å². The molecule has 0 saturated heterocycles. The van der Waals surface area contributed by atoms with Crippen molar-refractivity contribution in [1.82, 2.24) is 0 Å². The minimum absolute atomic E-state index is 0.145. The minimum atomic E-state index is 0.145. The van der Waals surface area contributed by atoms with Crippen LogP contribution in [0.3, 0.4) is 0 Å². The van der Waals surface area contributed by atoms with Gasteiger partial charge in [-0.25, -0.2) is 0 Å². The van der Waals surface area contributed by atoms with Crippen molar-refractivity contribution in [3.8, 4) is 0 Å². The number of hydrogen-bond acceptors (Lipinski definition) is 1. The molecule has 1 unspecified atom stereocenters. The van der Waals surface area contributed by atoms with E-state index in [-0.39, 0.29) is 5.92 Å². The molecular weight excluding hydrogens is 244 g/mol. The van der Waals surface area contributed by atoms with Crippen LogP contribution in [-0.4, -0.2) is 5.78 Å². The fraction of sp³-hybridized carbons (Fsp3) is 0.316. The van der Waals surface area contributed by atoms with Crippen molar-refractivity contribution >= 4 is 5.78 Å². The van der Waals surface area contributed by atoms with Gasteiger partial charge in [-0.2, -0.15) is 0 Å². The molecule has 0 spiro atoms. The molecule has 0 amide bonds. The third kappa shape index (κ3) is 2.40. The Morgan fingerprint density at radius 3 is 2.55 bits per heavy atom. The van der Waals surface area contributed by atoms with Crippen LogP contribution < -0.4 is 0 Å². The van der Waals surface area contributed by atoms with Gasteiger partial charge in [-0.05, 0) is 49.8 Å². The molecule has 1 nitrogen and oxygen atoms in total. The van der Waals surface area contributed by atoms with Gasteiger partial charge in [0, 0.05) is 11.5 Å². The lowest BCUT2D eigenvalue weighted by Gasteiger charge is -2.24. The summed E-state index contributed by atoms with van der Waals surface area (Å²) in [7, 11) is 0. The second kappa shape index (κ2) is 5.24. The highest BCUT2D eigenvalue weighted by molar-refractivity contribution is 5.99. The molecular formula is C19H20O. The van der Waals surface area contributed by atoms with Crippen LogP contribution in [0.15, 0.2) is 42.5 Å². The van der Waals surface area contributed by atoms with Crippen molar-refractivity contribution in [1.29, 1.82) is 0 Å². The van der Waals surface area contributed by atoms with Crippen LogP contribution >= 0.6 is 0 Å². The maximum atomic E-state index is 12.7. The zero-order valence-corrected chi connectivity index (χ0v) is 12.1. The van der Waals surface area contributed by atoms with Crippen molar-refractivity contribution in [3.05, 3.63) is 70.3 Å². The molecule has 20 heavy (non-hydrogen) atoms. The fourth-order valence-corrected chi connectivity index (χ4v) is 3.23. The highest BCUT2D eigenvalue weighted by atomic mass is 16.1.